The predicted octanol–water partition coefficient (Wildman–Crippen LogP) is -0.0233. The summed E-state index contributed by atoms with van der Waals surface area (Å²) in [4.78, 5) is 0. The maximum Gasteiger partial charge on any atom is 0.0590 e. The Morgan fingerprint density at radius 3 is 3.25 bits per heavy atom. The lowest BCUT2D eigenvalue weighted by Gasteiger charge is -2.24. The maximum atomic E-state index is 9.33. The average molecular weight is 119 g/mol. The van der Waals surface area contributed by atoms with Crippen molar-refractivity contribution in [3.8, 4) is 0 Å². The first kappa shape index (κ1) is 2.67. The molecule has 2 N–H and O–H groups in total. The van der Waals surface area contributed by atoms with Crippen molar-refractivity contribution in [1.82, 2.24) is 5.32 Å². The number of rotatable bonds is 0. The Morgan fingerprint density at radius 1 is 1.88 bits per heavy atom. The fourth-order valence-electron chi connectivity index (χ4n) is 0.593. The lowest BCUT2D eigenvalue weighted by molar-refractivity contribution is 0.0882. The van der Waals surface area contributed by atoms with E-state index in [1.54, 1.807) is 6.92 Å². The van der Waals surface area contributed by atoms with Gasteiger partial charge in [-0.1, -0.05) is 6.92 Å². The molecule has 8 heavy (non-hydrogen) atoms. The summed E-state index contributed by atoms with van der Waals surface area (Å²) in [6, 6.07) is 0. The quantitative estimate of drug-likeness (QED) is 0.469. The van der Waals surface area contributed by atoms with E-state index in [-0.39, 0.29) is 6.42 Å². The van der Waals surface area contributed by atoms with Crippen molar-refractivity contribution < 1.29 is 10.6 Å². The van der Waals surface area contributed by atoms with Crippen LogP contribution in [0.3, 0.4) is 0 Å². The molecule has 1 rings (SSSR count). The normalized spacial score (nSPS) is 59.8. The maximum absolute atomic E-state index is 9.33. The van der Waals surface area contributed by atoms with E-state index in [0.29, 0.717) is 0 Å². The second-order valence-corrected chi connectivity index (χ2v) is 2.01. The SMILES string of the molecule is [2H]C1([2H])CC(O)C(C)C([2H])([2H])N1. The second kappa shape index (κ2) is 2.46. The molecule has 2 heteroatoms. The first-order valence-electron chi connectivity index (χ1n) is 4.72. The van der Waals surface area contributed by atoms with Crippen LogP contribution in [0.5, 0.6) is 0 Å². The van der Waals surface area contributed by atoms with Crippen molar-refractivity contribution in [2.24, 2.45) is 5.92 Å². The van der Waals surface area contributed by atoms with Crippen LogP contribution in [0.4, 0.5) is 0 Å². The molecule has 0 saturated carbocycles. The van der Waals surface area contributed by atoms with Gasteiger partial charge in [-0.2, -0.15) is 0 Å². The van der Waals surface area contributed by atoms with Gasteiger partial charge in [0.1, 0.15) is 0 Å². The number of piperidine rings is 1. The van der Waals surface area contributed by atoms with Crippen LogP contribution in [-0.2, 0) is 0 Å². The lowest BCUT2D eigenvalue weighted by atomic mass is 9.99. The van der Waals surface area contributed by atoms with Crippen molar-refractivity contribution in [2.45, 2.75) is 19.4 Å². The fraction of sp³-hybridized carbons (Fsp3) is 1.00. The van der Waals surface area contributed by atoms with Crippen molar-refractivity contribution in [1.29, 1.82) is 0 Å². The van der Waals surface area contributed by atoms with Crippen molar-refractivity contribution >= 4 is 0 Å². The van der Waals surface area contributed by atoms with Crippen LogP contribution >= 0.6 is 0 Å². The molecule has 1 aliphatic rings. The number of hydrogen-bond donors (Lipinski definition) is 2. The van der Waals surface area contributed by atoms with Gasteiger partial charge in [0.2, 0.25) is 0 Å². The van der Waals surface area contributed by atoms with Gasteiger partial charge in [0, 0.05) is 12.0 Å². The van der Waals surface area contributed by atoms with Crippen molar-refractivity contribution in [3.63, 3.8) is 0 Å². The third kappa shape index (κ3) is 1.20. The molecule has 0 spiro atoms. The summed E-state index contributed by atoms with van der Waals surface area (Å²) in [6.07, 6.45) is -0.982. The molecule has 0 aliphatic carbocycles. The van der Waals surface area contributed by atoms with Crippen LogP contribution in [0.25, 0.3) is 0 Å². The van der Waals surface area contributed by atoms with Crippen LogP contribution in [-0.4, -0.2) is 24.2 Å². The summed E-state index contributed by atoms with van der Waals surface area (Å²) in [5.74, 6) is -0.582. The Balaban J connectivity index is 2.80. The van der Waals surface area contributed by atoms with Gasteiger partial charge >= 0.3 is 0 Å². The van der Waals surface area contributed by atoms with E-state index < -0.39 is 25.0 Å². The molecule has 1 fully saturated rings. The lowest BCUT2D eigenvalue weighted by Crippen LogP contribution is -2.38. The van der Waals surface area contributed by atoms with Crippen LogP contribution in [0.1, 0.15) is 18.8 Å². The third-order valence-electron chi connectivity index (χ3n) is 1.28. The van der Waals surface area contributed by atoms with Gasteiger partial charge < -0.3 is 10.4 Å². The third-order valence-corrected chi connectivity index (χ3v) is 1.28. The minimum Gasteiger partial charge on any atom is -0.393 e. The molecular weight excluding hydrogens is 102 g/mol. The molecule has 48 valence electrons. The minimum atomic E-state index is -1.83. The molecule has 1 aliphatic heterocycles. The zero-order valence-electron chi connectivity index (χ0n) is 8.81. The molecule has 2 unspecified atom stereocenters. The zero-order valence-corrected chi connectivity index (χ0v) is 4.81. The van der Waals surface area contributed by atoms with Gasteiger partial charge in [-0.25, -0.2) is 0 Å². The topological polar surface area (TPSA) is 32.3 Å². The number of hydrogen-bond acceptors (Lipinski definition) is 2. The Kier molecular flexibility index (Phi) is 0.822. The molecular formula is C6H13NO. The van der Waals surface area contributed by atoms with Gasteiger partial charge in [0.15, 0.2) is 0 Å². The van der Waals surface area contributed by atoms with E-state index in [1.165, 1.54) is 0 Å². The highest BCUT2D eigenvalue weighted by Gasteiger charge is 2.16. The van der Waals surface area contributed by atoms with E-state index in [9.17, 15) is 5.11 Å². The smallest absolute Gasteiger partial charge is 0.0590 e. The van der Waals surface area contributed by atoms with E-state index in [2.05, 4.69) is 5.32 Å². The highest BCUT2D eigenvalue weighted by molar-refractivity contribution is 4.72. The van der Waals surface area contributed by atoms with Gasteiger partial charge in [0.05, 0.1) is 6.10 Å². The molecule has 0 radical (unpaired) electrons. The minimum absolute atomic E-state index is 0.0618. The average Bonchev–Trinajstić information content (AvgIpc) is 1.79. The van der Waals surface area contributed by atoms with Gasteiger partial charge in [-0.15, -0.1) is 0 Å². The summed E-state index contributed by atoms with van der Waals surface area (Å²) in [5, 5.41) is 11.5. The first-order chi connectivity index (χ1) is 5.25. The Bertz CT molecular complexity index is 184. The van der Waals surface area contributed by atoms with Gasteiger partial charge in [0.25, 0.3) is 0 Å². The standard InChI is InChI=1S/C6H13NO/c1-5-4-7-3-2-6(5)8/h5-8H,2-4H2,1H3/i3D2,4D2. The monoisotopic (exact) mass is 119 g/mol. The molecule has 1 saturated heterocycles. The van der Waals surface area contributed by atoms with Crippen LogP contribution in [0, 0.1) is 5.92 Å². The van der Waals surface area contributed by atoms with E-state index in [4.69, 9.17) is 5.48 Å². The van der Waals surface area contributed by atoms with Gasteiger partial charge in [-0.3, -0.25) is 0 Å². The summed E-state index contributed by atoms with van der Waals surface area (Å²) in [7, 11) is 0. The summed E-state index contributed by atoms with van der Waals surface area (Å²) >= 11 is 0. The Hall–Kier alpha value is -0.0800. The number of nitrogens with one attached hydrogen (secondary N) is 1. The highest BCUT2D eigenvalue weighted by atomic mass is 16.3. The van der Waals surface area contributed by atoms with Gasteiger partial charge in [-0.05, 0) is 18.8 Å². The van der Waals surface area contributed by atoms with Crippen LogP contribution in [0.2, 0.25) is 0 Å². The van der Waals surface area contributed by atoms with E-state index >= 15 is 0 Å². The van der Waals surface area contributed by atoms with Crippen LogP contribution in [0.15, 0.2) is 0 Å². The number of aliphatic hydroxyl groups excluding tert-OH is 1. The fourth-order valence-corrected chi connectivity index (χ4v) is 0.593. The molecule has 2 nitrogen and oxygen atoms in total. The summed E-state index contributed by atoms with van der Waals surface area (Å²) in [6.45, 7) is -2.08. The molecule has 0 aromatic heterocycles. The van der Waals surface area contributed by atoms with Crippen molar-refractivity contribution in [2.75, 3.05) is 13.0 Å². The van der Waals surface area contributed by atoms with E-state index in [1.807, 2.05) is 0 Å². The second-order valence-electron chi connectivity index (χ2n) is 2.01. The van der Waals surface area contributed by atoms with E-state index in [0.717, 1.165) is 0 Å². The molecule has 1 heterocycles. The molecule has 2 atom stereocenters. The Morgan fingerprint density at radius 2 is 2.62 bits per heavy atom. The molecule has 0 aromatic carbocycles. The molecule has 0 aromatic rings. The Labute approximate surface area is 55.5 Å². The van der Waals surface area contributed by atoms with Crippen molar-refractivity contribution in [3.05, 3.63) is 0 Å². The zero-order chi connectivity index (χ0) is 9.57. The van der Waals surface area contributed by atoms with Crippen LogP contribution < -0.4 is 5.32 Å². The molecule has 0 bridgehead atoms. The molecule has 0 amide bonds. The predicted molar refractivity (Wildman–Crippen MR) is 32.7 cm³/mol. The summed E-state index contributed by atoms with van der Waals surface area (Å²) in [5.41, 5.74) is 0. The largest absolute Gasteiger partial charge is 0.393 e. The summed E-state index contributed by atoms with van der Waals surface area (Å²) < 4.78 is 29.3. The first-order valence-corrected chi connectivity index (χ1v) is 2.72. The number of aliphatic hydroxyl groups is 1. The highest BCUT2D eigenvalue weighted by Crippen LogP contribution is 2.08.